The highest BCUT2D eigenvalue weighted by atomic mass is 16.5. The van der Waals surface area contributed by atoms with E-state index >= 15 is 0 Å². The molecule has 8 aromatic carbocycles. The second kappa shape index (κ2) is 10.6. The second-order valence-electron chi connectivity index (χ2n) is 14.5. The summed E-state index contributed by atoms with van der Waals surface area (Å²) in [6.45, 7) is 0. The smallest absolute Gasteiger partial charge is 0.134 e. The summed E-state index contributed by atoms with van der Waals surface area (Å²) < 4.78 is 11.9. The summed E-state index contributed by atoms with van der Waals surface area (Å²) in [7, 11) is 0. The Morgan fingerprint density at radius 1 is 0.396 bits per heavy atom. The predicted octanol–water partition coefficient (Wildman–Crippen LogP) is 12.3. The number of ether oxygens (including phenoxy) is 1. The Bertz CT molecular complexity index is 3110. The molecule has 1 unspecified atom stereocenters. The van der Waals surface area contributed by atoms with Gasteiger partial charge in [-0.2, -0.15) is 0 Å². The summed E-state index contributed by atoms with van der Waals surface area (Å²) in [6, 6.07) is 66.7. The van der Waals surface area contributed by atoms with Crippen LogP contribution in [-0.4, -0.2) is 9.13 Å². The number of benzene rings is 8. The molecule has 0 bridgehead atoms. The molecule has 1 atom stereocenters. The van der Waals surface area contributed by atoms with Crippen LogP contribution in [0, 0.1) is 0 Å². The molecule has 4 heterocycles. The predicted molar refractivity (Wildman–Crippen MR) is 216 cm³/mol. The summed E-state index contributed by atoms with van der Waals surface area (Å²) in [5.74, 6) is 1.78. The summed E-state index contributed by atoms with van der Waals surface area (Å²) in [5.41, 5.74) is 14.0. The summed E-state index contributed by atoms with van der Waals surface area (Å²) >= 11 is 0. The van der Waals surface area contributed by atoms with Crippen LogP contribution in [-0.2, 0) is 11.8 Å². The van der Waals surface area contributed by atoms with Crippen LogP contribution in [0.1, 0.15) is 33.4 Å². The molecule has 2 aromatic heterocycles. The Labute approximate surface area is 306 Å². The first-order valence-corrected chi connectivity index (χ1v) is 18.4. The lowest BCUT2D eigenvalue weighted by Gasteiger charge is -2.45. The molecule has 0 aliphatic carbocycles. The number of rotatable bonds is 3. The minimum absolute atomic E-state index is 0.610. The molecule has 0 radical (unpaired) electrons. The molecular formula is C50H32N2O. The molecule has 2 aliphatic heterocycles. The van der Waals surface area contributed by atoms with Crippen molar-refractivity contribution in [3.63, 3.8) is 0 Å². The summed E-state index contributed by atoms with van der Waals surface area (Å²) in [5, 5.41) is 4.98. The zero-order valence-electron chi connectivity index (χ0n) is 28.8. The molecule has 53 heavy (non-hydrogen) atoms. The average Bonchev–Trinajstić information content (AvgIpc) is 3.73. The highest BCUT2D eigenvalue weighted by Crippen LogP contribution is 2.61. The van der Waals surface area contributed by atoms with Gasteiger partial charge in [0.05, 0.1) is 33.2 Å². The van der Waals surface area contributed by atoms with Gasteiger partial charge in [-0.05, 0) is 71.1 Å². The van der Waals surface area contributed by atoms with Crippen molar-refractivity contribution in [3.8, 4) is 22.9 Å². The number of nitrogens with zero attached hydrogens (tertiary/aromatic N) is 2. The van der Waals surface area contributed by atoms with Crippen molar-refractivity contribution < 1.29 is 4.74 Å². The second-order valence-corrected chi connectivity index (χ2v) is 14.5. The fourth-order valence-corrected chi connectivity index (χ4v) is 9.66. The molecule has 248 valence electrons. The number of hydrogen-bond acceptors (Lipinski definition) is 1. The van der Waals surface area contributed by atoms with E-state index in [2.05, 4.69) is 191 Å². The lowest BCUT2D eigenvalue weighted by atomic mass is 9.61. The molecule has 10 aromatic rings. The van der Waals surface area contributed by atoms with Gasteiger partial charge in [-0.15, -0.1) is 0 Å². The third kappa shape index (κ3) is 3.78. The van der Waals surface area contributed by atoms with E-state index in [1.54, 1.807) is 0 Å². The minimum atomic E-state index is -0.610. The molecule has 3 nitrogen and oxygen atoms in total. The van der Waals surface area contributed by atoms with E-state index in [0.717, 1.165) is 29.1 Å². The molecule has 3 heteroatoms. The van der Waals surface area contributed by atoms with Crippen LogP contribution in [0.25, 0.3) is 55.0 Å². The molecule has 0 fully saturated rings. The van der Waals surface area contributed by atoms with Crippen LogP contribution in [0.3, 0.4) is 0 Å². The van der Waals surface area contributed by atoms with Crippen LogP contribution >= 0.6 is 0 Å². The molecule has 12 rings (SSSR count). The van der Waals surface area contributed by atoms with Gasteiger partial charge in [0.2, 0.25) is 0 Å². The van der Waals surface area contributed by atoms with Gasteiger partial charge in [0.1, 0.15) is 11.5 Å². The number of aromatic nitrogens is 2. The molecule has 0 saturated carbocycles. The van der Waals surface area contributed by atoms with Crippen molar-refractivity contribution >= 4 is 43.6 Å². The Kier molecular flexibility index (Phi) is 5.76. The fraction of sp³-hybridized carbons (Fsp3) is 0.0400. The van der Waals surface area contributed by atoms with Crippen molar-refractivity contribution in [1.29, 1.82) is 0 Å². The normalized spacial score (nSPS) is 15.5. The van der Waals surface area contributed by atoms with Gasteiger partial charge in [-0.25, -0.2) is 0 Å². The number of para-hydroxylation sites is 5. The third-order valence-electron chi connectivity index (χ3n) is 11.8. The Balaban J connectivity index is 1.17. The monoisotopic (exact) mass is 676 g/mol. The average molecular weight is 677 g/mol. The zero-order chi connectivity index (χ0) is 34.7. The molecule has 0 amide bonds. The van der Waals surface area contributed by atoms with Gasteiger partial charge in [-0.3, -0.25) is 0 Å². The van der Waals surface area contributed by atoms with E-state index in [4.69, 9.17) is 4.74 Å². The maximum atomic E-state index is 7.02. The van der Waals surface area contributed by atoms with E-state index in [1.807, 2.05) is 0 Å². The fourth-order valence-electron chi connectivity index (χ4n) is 9.66. The quantitative estimate of drug-likeness (QED) is 0.182. The minimum Gasteiger partial charge on any atom is -0.457 e. The summed E-state index contributed by atoms with van der Waals surface area (Å²) in [6.07, 6.45) is 0.907. The van der Waals surface area contributed by atoms with Crippen molar-refractivity contribution in [1.82, 2.24) is 9.13 Å². The molecule has 1 spiro atoms. The lowest BCUT2D eigenvalue weighted by molar-refractivity contribution is 0.435. The molecule has 2 aliphatic rings. The first-order valence-electron chi connectivity index (χ1n) is 18.4. The standard InChI is InChI=1S/C50H32N2O/c1-2-13-32(14-3-1)29-33-25-27-34(28-26-33)51-43-21-8-5-16-36(43)38-30-42-48(31-46(38)51)53-47-24-11-7-19-40(47)50(42)39-18-6-10-23-45(39)52-44-22-9-4-15-35(44)37-17-12-20-41(50)49(37)52/h1-28,30-31H,29H2. The van der Waals surface area contributed by atoms with E-state index < -0.39 is 5.41 Å². The molecule has 0 N–H and O–H groups in total. The van der Waals surface area contributed by atoms with Gasteiger partial charge in [0.15, 0.2) is 0 Å². The van der Waals surface area contributed by atoms with Gasteiger partial charge >= 0.3 is 0 Å². The Hall–Kier alpha value is -6.84. The van der Waals surface area contributed by atoms with E-state index in [9.17, 15) is 0 Å². The highest BCUT2D eigenvalue weighted by molar-refractivity contribution is 6.13. The lowest BCUT2D eigenvalue weighted by Crippen LogP contribution is -2.37. The van der Waals surface area contributed by atoms with Crippen molar-refractivity contribution in [2.45, 2.75) is 11.8 Å². The van der Waals surface area contributed by atoms with Gasteiger partial charge in [0.25, 0.3) is 0 Å². The molecule has 0 saturated heterocycles. The first kappa shape index (κ1) is 28.8. The SMILES string of the molecule is c1ccc(Cc2ccc(-n3c4ccccc4c4cc5c(cc43)Oc3ccccc3C53c4ccccc4-n4c5ccccc5c5cccc3c54)cc2)cc1. The topological polar surface area (TPSA) is 19.1 Å². The maximum absolute atomic E-state index is 7.02. The van der Waals surface area contributed by atoms with Crippen LogP contribution < -0.4 is 4.74 Å². The Morgan fingerprint density at radius 2 is 1.02 bits per heavy atom. The Morgan fingerprint density at radius 3 is 1.85 bits per heavy atom. The van der Waals surface area contributed by atoms with Gasteiger partial charge in [-0.1, -0.05) is 133 Å². The van der Waals surface area contributed by atoms with Gasteiger partial charge in [0, 0.05) is 44.4 Å². The first-order chi connectivity index (χ1) is 26.3. The van der Waals surface area contributed by atoms with E-state index in [-0.39, 0.29) is 0 Å². The van der Waals surface area contributed by atoms with Crippen LogP contribution in [0.15, 0.2) is 182 Å². The van der Waals surface area contributed by atoms with E-state index in [0.29, 0.717) is 0 Å². The van der Waals surface area contributed by atoms with Crippen LogP contribution in [0.5, 0.6) is 11.5 Å². The third-order valence-corrected chi connectivity index (χ3v) is 11.8. The largest absolute Gasteiger partial charge is 0.457 e. The number of fused-ring (bicyclic) bond motifs is 14. The zero-order valence-corrected chi connectivity index (χ0v) is 28.8. The van der Waals surface area contributed by atoms with Crippen molar-refractivity contribution in [2.24, 2.45) is 0 Å². The summed E-state index contributed by atoms with van der Waals surface area (Å²) in [4.78, 5) is 0. The van der Waals surface area contributed by atoms with Crippen LogP contribution in [0.2, 0.25) is 0 Å². The molecular weight excluding hydrogens is 645 g/mol. The highest BCUT2D eigenvalue weighted by Gasteiger charge is 2.50. The van der Waals surface area contributed by atoms with E-state index in [1.165, 1.54) is 77.2 Å². The van der Waals surface area contributed by atoms with Crippen molar-refractivity contribution in [2.75, 3.05) is 0 Å². The van der Waals surface area contributed by atoms with Gasteiger partial charge < -0.3 is 13.9 Å². The van der Waals surface area contributed by atoms with Crippen LogP contribution in [0.4, 0.5) is 0 Å². The number of hydrogen-bond donors (Lipinski definition) is 0. The van der Waals surface area contributed by atoms with Crippen molar-refractivity contribution in [3.05, 3.63) is 215 Å². The maximum Gasteiger partial charge on any atom is 0.134 e.